The van der Waals surface area contributed by atoms with Gasteiger partial charge >= 0.3 is 5.97 Å². The van der Waals surface area contributed by atoms with Crippen molar-refractivity contribution in [2.24, 2.45) is 5.10 Å². The van der Waals surface area contributed by atoms with Gasteiger partial charge in [0.25, 0.3) is 0 Å². The van der Waals surface area contributed by atoms with Crippen LogP contribution in [0.4, 0.5) is 10.1 Å². The number of amides is 2. The van der Waals surface area contributed by atoms with Crippen LogP contribution >= 0.6 is 15.9 Å². The Bertz CT molecular complexity index is 1050. The first kappa shape index (κ1) is 26.8. The van der Waals surface area contributed by atoms with Crippen molar-refractivity contribution < 1.29 is 33.0 Å². The molecule has 0 saturated carbocycles. The third-order valence-electron chi connectivity index (χ3n) is 4.10. The average molecular weight is 538 g/mol. The van der Waals surface area contributed by atoms with Crippen molar-refractivity contribution in [1.82, 2.24) is 5.43 Å². The molecule has 0 unspecified atom stereocenters. The Morgan fingerprint density at radius 1 is 1.06 bits per heavy atom. The summed E-state index contributed by atoms with van der Waals surface area (Å²) in [7, 11) is 0. The van der Waals surface area contributed by atoms with Crippen molar-refractivity contribution in [3.05, 3.63) is 52.3 Å². The maximum absolute atomic E-state index is 13.6. The van der Waals surface area contributed by atoms with Crippen LogP contribution in [0.3, 0.4) is 0 Å². The third-order valence-corrected chi connectivity index (χ3v) is 4.69. The van der Waals surface area contributed by atoms with E-state index in [-0.39, 0.29) is 31.7 Å². The Kier molecular flexibility index (Phi) is 11.0. The maximum atomic E-state index is 13.6. The fraction of sp³-hybridized carbons (Fsp3) is 0.304. The molecule has 34 heavy (non-hydrogen) atoms. The number of anilines is 1. The van der Waals surface area contributed by atoms with Crippen LogP contribution in [0, 0.1) is 5.82 Å². The summed E-state index contributed by atoms with van der Waals surface area (Å²) in [4.78, 5) is 35.4. The number of ether oxygens (including phenoxy) is 3. The molecule has 0 fully saturated rings. The molecule has 0 heterocycles. The quantitative estimate of drug-likeness (QED) is 0.241. The Labute approximate surface area is 204 Å². The third kappa shape index (κ3) is 8.81. The first-order valence-corrected chi connectivity index (χ1v) is 11.2. The molecule has 0 radical (unpaired) electrons. The normalized spacial score (nSPS) is 10.6. The molecule has 2 aromatic rings. The van der Waals surface area contributed by atoms with E-state index in [1.54, 1.807) is 32.0 Å². The van der Waals surface area contributed by atoms with Gasteiger partial charge in [-0.1, -0.05) is 12.1 Å². The summed E-state index contributed by atoms with van der Waals surface area (Å²) < 4.78 is 30.0. The number of benzene rings is 2. The van der Waals surface area contributed by atoms with Gasteiger partial charge in [0.15, 0.2) is 18.1 Å². The van der Waals surface area contributed by atoms with Crippen LogP contribution < -0.4 is 20.2 Å². The van der Waals surface area contributed by atoms with Crippen LogP contribution in [0.1, 0.15) is 32.3 Å². The van der Waals surface area contributed by atoms with Crippen molar-refractivity contribution in [1.29, 1.82) is 0 Å². The highest BCUT2D eigenvalue weighted by atomic mass is 79.9. The van der Waals surface area contributed by atoms with Gasteiger partial charge in [0, 0.05) is 12.8 Å². The molecule has 182 valence electrons. The number of carbonyl (C=O) groups is 3. The highest BCUT2D eigenvalue weighted by Gasteiger charge is 2.14. The lowest BCUT2D eigenvalue weighted by molar-refractivity contribution is -0.145. The number of esters is 1. The monoisotopic (exact) mass is 537 g/mol. The predicted molar refractivity (Wildman–Crippen MR) is 127 cm³/mol. The summed E-state index contributed by atoms with van der Waals surface area (Å²) in [5.41, 5.74) is 2.96. The Balaban J connectivity index is 1.91. The van der Waals surface area contributed by atoms with Gasteiger partial charge in [0.2, 0.25) is 11.8 Å². The molecule has 11 heteroatoms. The number of nitrogens with zero attached hydrogens (tertiary/aromatic N) is 1. The molecule has 2 rings (SSSR count). The highest BCUT2D eigenvalue weighted by Crippen LogP contribution is 2.36. The standard InChI is InChI=1S/C23H25BrFN3O6/c1-3-32-19-12-15(11-16(24)23(19)34-14-22(31)33-4-2)13-26-28-21(30)10-9-20(29)27-18-8-6-5-7-17(18)25/h5-8,11-13H,3-4,9-10,14H2,1-2H3,(H,27,29)(H,28,30). The molecule has 0 aliphatic carbocycles. The molecule has 2 aromatic carbocycles. The molecule has 0 atom stereocenters. The van der Waals surface area contributed by atoms with E-state index in [4.69, 9.17) is 14.2 Å². The number of nitrogens with one attached hydrogen (secondary N) is 2. The molecule has 0 saturated heterocycles. The van der Waals surface area contributed by atoms with E-state index in [1.165, 1.54) is 24.4 Å². The fourth-order valence-corrected chi connectivity index (χ4v) is 3.21. The zero-order valence-corrected chi connectivity index (χ0v) is 20.3. The number of hydrazone groups is 1. The number of rotatable bonds is 12. The summed E-state index contributed by atoms with van der Waals surface area (Å²) in [5, 5.41) is 6.29. The topological polar surface area (TPSA) is 115 Å². The molecular weight excluding hydrogens is 513 g/mol. The molecule has 0 aromatic heterocycles. The van der Waals surface area contributed by atoms with Crippen molar-refractivity contribution in [2.75, 3.05) is 25.1 Å². The van der Waals surface area contributed by atoms with Crippen LogP contribution in [0.5, 0.6) is 11.5 Å². The van der Waals surface area contributed by atoms with E-state index in [0.717, 1.165) is 0 Å². The Morgan fingerprint density at radius 2 is 1.79 bits per heavy atom. The van der Waals surface area contributed by atoms with E-state index in [0.29, 0.717) is 28.1 Å². The smallest absolute Gasteiger partial charge is 0.344 e. The number of hydrogen-bond acceptors (Lipinski definition) is 7. The Morgan fingerprint density at radius 3 is 2.50 bits per heavy atom. The molecule has 9 nitrogen and oxygen atoms in total. The first-order chi connectivity index (χ1) is 16.3. The maximum Gasteiger partial charge on any atom is 0.344 e. The molecular formula is C23H25BrFN3O6. The van der Waals surface area contributed by atoms with Crippen LogP contribution in [0.15, 0.2) is 46.0 Å². The molecule has 2 N–H and O–H groups in total. The van der Waals surface area contributed by atoms with Gasteiger partial charge in [-0.2, -0.15) is 5.10 Å². The molecule has 0 spiro atoms. The predicted octanol–water partition coefficient (Wildman–Crippen LogP) is 3.80. The summed E-state index contributed by atoms with van der Waals surface area (Å²) in [6.07, 6.45) is 1.12. The van der Waals surface area contributed by atoms with Crippen LogP contribution in [-0.2, 0) is 19.1 Å². The Hall–Kier alpha value is -3.47. The minimum absolute atomic E-state index is 0.0521. The number of hydrogen-bond donors (Lipinski definition) is 2. The lowest BCUT2D eigenvalue weighted by atomic mass is 10.2. The van der Waals surface area contributed by atoms with Crippen molar-refractivity contribution >= 4 is 45.6 Å². The second kappa shape index (κ2) is 13.9. The zero-order valence-electron chi connectivity index (χ0n) is 18.7. The number of halogens is 2. The van der Waals surface area contributed by atoms with Crippen molar-refractivity contribution in [3.63, 3.8) is 0 Å². The molecule has 0 bridgehead atoms. The van der Waals surface area contributed by atoms with E-state index in [9.17, 15) is 18.8 Å². The van der Waals surface area contributed by atoms with Crippen LogP contribution in [0.25, 0.3) is 0 Å². The van der Waals surface area contributed by atoms with Gasteiger partial charge in [-0.3, -0.25) is 9.59 Å². The summed E-state index contributed by atoms with van der Waals surface area (Å²) >= 11 is 3.37. The molecule has 0 aliphatic rings. The van der Waals surface area contributed by atoms with Crippen molar-refractivity contribution in [2.45, 2.75) is 26.7 Å². The van der Waals surface area contributed by atoms with E-state index >= 15 is 0 Å². The van der Waals surface area contributed by atoms with Gasteiger partial charge in [-0.25, -0.2) is 14.6 Å². The van der Waals surface area contributed by atoms with Gasteiger partial charge in [0.05, 0.1) is 29.6 Å². The van der Waals surface area contributed by atoms with Crippen molar-refractivity contribution in [3.8, 4) is 11.5 Å². The first-order valence-electron chi connectivity index (χ1n) is 10.4. The minimum atomic E-state index is -0.556. The fourth-order valence-electron chi connectivity index (χ4n) is 2.64. The van der Waals surface area contributed by atoms with Gasteiger partial charge in [-0.05, 0) is 59.6 Å². The zero-order chi connectivity index (χ0) is 24.9. The van der Waals surface area contributed by atoms with E-state index < -0.39 is 23.6 Å². The van der Waals surface area contributed by atoms with Gasteiger partial charge in [0.1, 0.15) is 5.82 Å². The SMILES string of the molecule is CCOC(=O)COc1c(Br)cc(C=NNC(=O)CCC(=O)Nc2ccccc2F)cc1OCC. The second-order valence-electron chi connectivity index (χ2n) is 6.68. The average Bonchev–Trinajstić information content (AvgIpc) is 2.79. The van der Waals surface area contributed by atoms with Gasteiger partial charge < -0.3 is 19.5 Å². The summed E-state index contributed by atoms with van der Waals surface area (Å²) in [5.74, 6) is -1.34. The summed E-state index contributed by atoms with van der Waals surface area (Å²) in [6.45, 7) is 3.83. The van der Waals surface area contributed by atoms with Crippen LogP contribution in [-0.4, -0.2) is 43.8 Å². The summed E-state index contributed by atoms with van der Waals surface area (Å²) in [6, 6.07) is 9.06. The largest absolute Gasteiger partial charge is 0.490 e. The number of carbonyl (C=O) groups excluding carboxylic acids is 3. The van der Waals surface area contributed by atoms with Gasteiger partial charge in [-0.15, -0.1) is 0 Å². The lowest BCUT2D eigenvalue weighted by Crippen LogP contribution is -2.21. The van der Waals surface area contributed by atoms with E-state index in [2.05, 4.69) is 31.8 Å². The highest BCUT2D eigenvalue weighted by molar-refractivity contribution is 9.10. The molecule has 2 amide bonds. The van der Waals surface area contributed by atoms with Crippen LogP contribution in [0.2, 0.25) is 0 Å². The second-order valence-corrected chi connectivity index (χ2v) is 7.53. The lowest BCUT2D eigenvalue weighted by Gasteiger charge is -2.14. The molecule has 0 aliphatic heterocycles. The minimum Gasteiger partial charge on any atom is -0.490 e. The van der Waals surface area contributed by atoms with E-state index in [1.807, 2.05) is 0 Å². The number of para-hydroxylation sites is 1.